The van der Waals surface area contributed by atoms with E-state index in [0.29, 0.717) is 12.5 Å². The first-order chi connectivity index (χ1) is 11.0. The van der Waals surface area contributed by atoms with Gasteiger partial charge in [-0.3, -0.25) is 4.79 Å². The highest BCUT2D eigenvalue weighted by molar-refractivity contribution is 5.86. The summed E-state index contributed by atoms with van der Waals surface area (Å²) in [5.74, 6) is -1.51. The summed E-state index contributed by atoms with van der Waals surface area (Å²) in [7, 11) is 0. The van der Waals surface area contributed by atoms with Gasteiger partial charge >= 0.3 is 12.1 Å². The predicted molar refractivity (Wildman–Crippen MR) is 81.0 cm³/mol. The highest BCUT2D eigenvalue weighted by Gasteiger charge is 2.57. The molecule has 2 aliphatic heterocycles. The number of carboxylic acids is 1. The molecule has 0 aliphatic carbocycles. The number of carbonyl (C=O) groups excluding carboxylic acids is 1. The lowest BCUT2D eigenvalue weighted by atomic mass is 9.74. The molecule has 2 aliphatic rings. The fourth-order valence-corrected chi connectivity index (χ4v) is 3.25. The number of carbonyl (C=O) groups is 2. The van der Waals surface area contributed by atoms with Crippen LogP contribution in [0.2, 0.25) is 0 Å². The van der Waals surface area contributed by atoms with Gasteiger partial charge in [-0.15, -0.1) is 0 Å². The summed E-state index contributed by atoms with van der Waals surface area (Å²) in [5.41, 5.74) is -2.17. The fourth-order valence-electron chi connectivity index (χ4n) is 3.25. The van der Waals surface area contributed by atoms with Crippen LogP contribution >= 0.6 is 0 Å². The number of hydrogen-bond acceptors (Lipinski definition) is 3. The van der Waals surface area contributed by atoms with Crippen LogP contribution in [0.25, 0.3) is 0 Å². The molecule has 0 radical (unpaired) electrons. The zero-order valence-corrected chi connectivity index (χ0v) is 14.1. The Morgan fingerprint density at radius 2 is 2.04 bits per heavy atom. The van der Waals surface area contributed by atoms with E-state index in [1.807, 2.05) is 0 Å². The van der Waals surface area contributed by atoms with Gasteiger partial charge in [0.05, 0.1) is 5.41 Å². The van der Waals surface area contributed by atoms with Gasteiger partial charge in [-0.25, -0.2) is 4.79 Å². The summed E-state index contributed by atoms with van der Waals surface area (Å²) < 4.78 is 40.7. The molecule has 0 aromatic heterocycles. The van der Waals surface area contributed by atoms with Crippen molar-refractivity contribution in [2.75, 3.05) is 19.6 Å². The summed E-state index contributed by atoms with van der Waals surface area (Å²) in [6.07, 6.45) is -4.04. The minimum absolute atomic E-state index is 0.0715. The Kier molecular flexibility index (Phi) is 4.99. The lowest BCUT2D eigenvalue weighted by molar-refractivity contribution is -0.211. The highest BCUT2D eigenvalue weighted by Crippen LogP contribution is 2.50. The van der Waals surface area contributed by atoms with Crippen LogP contribution in [0, 0.1) is 11.3 Å². The molecule has 1 saturated heterocycles. The zero-order valence-electron chi connectivity index (χ0n) is 14.1. The van der Waals surface area contributed by atoms with E-state index in [4.69, 9.17) is 5.11 Å². The minimum Gasteiger partial charge on any atom is -0.480 e. The topological polar surface area (TPSA) is 60.9 Å². The second kappa shape index (κ2) is 6.38. The van der Waals surface area contributed by atoms with Crippen LogP contribution in [0.3, 0.4) is 0 Å². The van der Waals surface area contributed by atoms with Crippen LogP contribution < -0.4 is 0 Å². The van der Waals surface area contributed by atoms with Gasteiger partial charge in [0.15, 0.2) is 0 Å². The first-order valence-electron chi connectivity index (χ1n) is 8.00. The van der Waals surface area contributed by atoms with Gasteiger partial charge in [0, 0.05) is 32.3 Å². The van der Waals surface area contributed by atoms with Crippen molar-refractivity contribution >= 4 is 11.9 Å². The Balaban J connectivity index is 2.26. The van der Waals surface area contributed by atoms with Gasteiger partial charge in [-0.05, 0) is 31.8 Å². The second-order valence-electron chi connectivity index (χ2n) is 7.09. The molecule has 1 N–H and O–H groups in total. The molecular weight excluding hydrogens is 325 g/mol. The molecule has 8 heteroatoms. The molecule has 2 heterocycles. The van der Waals surface area contributed by atoms with E-state index in [-0.39, 0.29) is 12.0 Å². The predicted octanol–water partition coefficient (Wildman–Crippen LogP) is 2.49. The fraction of sp³-hybridized carbons (Fsp3) is 0.750. The number of halogens is 3. The van der Waals surface area contributed by atoms with Gasteiger partial charge in [-0.2, -0.15) is 13.2 Å². The number of rotatable bonds is 5. The molecule has 136 valence electrons. The Bertz CT molecular complexity index is 555. The highest BCUT2D eigenvalue weighted by atomic mass is 19.4. The number of aliphatic carboxylic acids is 1. The van der Waals surface area contributed by atoms with Crippen LogP contribution in [0.5, 0.6) is 0 Å². The molecule has 0 bridgehead atoms. The largest absolute Gasteiger partial charge is 0.480 e. The monoisotopic (exact) mass is 348 g/mol. The molecule has 2 unspecified atom stereocenters. The molecule has 0 spiro atoms. The molecule has 1 amide bonds. The van der Waals surface area contributed by atoms with E-state index in [9.17, 15) is 22.8 Å². The van der Waals surface area contributed by atoms with Crippen molar-refractivity contribution in [2.45, 2.75) is 45.8 Å². The van der Waals surface area contributed by atoms with E-state index in [1.165, 1.54) is 6.92 Å². The van der Waals surface area contributed by atoms with Gasteiger partial charge in [0.25, 0.3) is 0 Å². The molecule has 5 nitrogen and oxygen atoms in total. The maximum absolute atomic E-state index is 13.6. The molecule has 2 atom stereocenters. The Labute approximate surface area is 139 Å². The Hall–Kier alpha value is -1.57. The van der Waals surface area contributed by atoms with Crippen LogP contribution in [0.15, 0.2) is 11.8 Å². The molecule has 0 saturated carbocycles. The van der Waals surface area contributed by atoms with E-state index >= 15 is 0 Å². The number of hydrogen-bond donors (Lipinski definition) is 1. The van der Waals surface area contributed by atoms with Gasteiger partial charge < -0.3 is 14.9 Å². The van der Waals surface area contributed by atoms with Crippen molar-refractivity contribution in [2.24, 2.45) is 11.3 Å². The van der Waals surface area contributed by atoms with Crippen LogP contribution in [-0.4, -0.2) is 58.6 Å². The lowest BCUT2D eigenvalue weighted by Crippen LogP contribution is -2.51. The summed E-state index contributed by atoms with van der Waals surface area (Å²) in [6.45, 7) is 6.57. The third kappa shape index (κ3) is 3.43. The zero-order chi connectivity index (χ0) is 18.3. The summed E-state index contributed by atoms with van der Waals surface area (Å²) in [5, 5.41) is 9.07. The van der Waals surface area contributed by atoms with Crippen molar-refractivity contribution in [1.82, 2.24) is 9.80 Å². The third-order valence-corrected chi connectivity index (χ3v) is 5.03. The van der Waals surface area contributed by atoms with Gasteiger partial charge in [-0.1, -0.05) is 6.92 Å². The van der Waals surface area contributed by atoms with E-state index in [1.54, 1.807) is 0 Å². The van der Waals surface area contributed by atoms with Crippen LogP contribution in [0.4, 0.5) is 13.2 Å². The first-order valence-corrected chi connectivity index (χ1v) is 8.00. The number of amides is 1. The summed E-state index contributed by atoms with van der Waals surface area (Å²) >= 11 is 0. The number of nitrogens with zero attached hydrogens (tertiary/aromatic N) is 2. The standard InChI is InChI=1S/C16H23F3N2O3/c1-10-7-20(8-10)5-4-12-9-21(11(2)14(23)24)13(22)6-15(12,3)16(17,18)19/h9-11H,4-8H2,1-3H3,(H,23,24). The normalized spacial score (nSPS) is 27.7. The van der Waals surface area contributed by atoms with E-state index in [2.05, 4.69) is 11.8 Å². The summed E-state index contributed by atoms with van der Waals surface area (Å²) in [6, 6.07) is -1.19. The molecule has 0 aromatic rings. The van der Waals surface area contributed by atoms with Crippen molar-refractivity contribution < 1.29 is 27.9 Å². The van der Waals surface area contributed by atoms with Crippen LogP contribution in [-0.2, 0) is 9.59 Å². The summed E-state index contributed by atoms with van der Waals surface area (Å²) in [4.78, 5) is 26.2. The molecular formula is C16H23F3N2O3. The SMILES string of the molecule is CC1CN(CCC2=CN(C(C)C(=O)O)C(=O)CC2(C)C(F)(F)F)C1. The van der Waals surface area contributed by atoms with Gasteiger partial charge in [0.1, 0.15) is 6.04 Å². The number of carboxylic acid groups (broad SMARTS) is 1. The van der Waals surface area contributed by atoms with Crippen molar-refractivity contribution in [3.63, 3.8) is 0 Å². The maximum Gasteiger partial charge on any atom is 0.398 e. The number of alkyl halides is 3. The van der Waals surface area contributed by atoms with E-state index < -0.39 is 35.9 Å². The average Bonchev–Trinajstić information content (AvgIpc) is 2.41. The third-order valence-electron chi connectivity index (χ3n) is 5.03. The average molecular weight is 348 g/mol. The molecule has 24 heavy (non-hydrogen) atoms. The van der Waals surface area contributed by atoms with E-state index in [0.717, 1.165) is 31.1 Å². The minimum atomic E-state index is -4.56. The maximum atomic E-state index is 13.6. The van der Waals surface area contributed by atoms with Crippen molar-refractivity contribution in [3.05, 3.63) is 11.8 Å². The first kappa shape index (κ1) is 18.8. The lowest BCUT2D eigenvalue weighted by Gasteiger charge is -2.43. The second-order valence-corrected chi connectivity index (χ2v) is 7.09. The molecule has 2 rings (SSSR count). The van der Waals surface area contributed by atoms with Crippen LogP contribution in [0.1, 0.15) is 33.6 Å². The Morgan fingerprint density at radius 1 is 1.46 bits per heavy atom. The van der Waals surface area contributed by atoms with Gasteiger partial charge in [0.2, 0.25) is 5.91 Å². The molecule has 0 aromatic carbocycles. The van der Waals surface area contributed by atoms with Crippen molar-refractivity contribution in [1.29, 1.82) is 0 Å². The Morgan fingerprint density at radius 3 is 2.50 bits per heavy atom. The molecule has 1 fully saturated rings. The van der Waals surface area contributed by atoms with Crippen molar-refractivity contribution in [3.8, 4) is 0 Å². The smallest absolute Gasteiger partial charge is 0.398 e. The quantitative estimate of drug-likeness (QED) is 0.829. The number of likely N-dealkylation sites (tertiary alicyclic amines) is 1.